The van der Waals surface area contributed by atoms with Crippen LogP contribution in [0.3, 0.4) is 0 Å². The summed E-state index contributed by atoms with van der Waals surface area (Å²) in [4.78, 5) is 21.6. The average molecular weight is 388 g/mol. The Labute approximate surface area is 162 Å². The van der Waals surface area contributed by atoms with Crippen molar-refractivity contribution in [3.05, 3.63) is 58.7 Å². The van der Waals surface area contributed by atoms with Gasteiger partial charge in [0.25, 0.3) is 0 Å². The van der Waals surface area contributed by atoms with Gasteiger partial charge < -0.3 is 31.1 Å². The van der Waals surface area contributed by atoms with E-state index in [1.165, 1.54) is 12.1 Å². The van der Waals surface area contributed by atoms with E-state index >= 15 is 0 Å². The summed E-state index contributed by atoms with van der Waals surface area (Å²) >= 11 is 0. The molecule has 0 atom stereocenters. The lowest BCUT2D eigenvalue weighted by molar-refractivity contribution is -0.137. The van der Waals surface area contributed by atoms with Crippen molar-refractivity contribution in [2.24, 2.45) is 0 Å². The molecule has 0 aliphatic carbocycles. The number of carboxylic acids is 2. The highest BCUT2D eigenvalue weighted by molar-refractivity contribution is 5.70. The Morgan fingerprint density at radius 2 is 1.11 bits per heavy atom. The average Bonchev–Trinajstić information content (AvgIpc) is 2.62. The van der Waals surface area contributed by atoms with Crippen LogP contribution in [0, 0.1) is 0 Å². The summed E-state index contributed by atoms with van der Waals surface area (Å²) in [7, 11) is 0. The molecular formula is C20H24N2O6. The van der Waals surface area contributed by atoms with Crippen molar-refractivity contribution in [3.8, 4) is 11.5 Å². The lowest BCUT2D eigenvalue weighted by Gasteiger charge is -2.11. The van der Waals surface area contributed by atoms with Gasteiger partial charge in [-0.2, -0.15) is 0 Å². The predicted molar refractivity (Wildman–Crippen MR) is 102 cm³/mol. The van der Waals surface area contributed by atoms with Gasteiger partial charge in [0, 0.05) is 37.3 Å². The molecule has 0 saturated carbocycles. The molecular weight excluding hydrogens is 364 g/mol. The Kier molecular flexibility index (Phi) is 7.79. The van der Waals surface area contributed by atoms with Crippen molar-refractivity contribution >= 4 is 11.9 Å². The number of rotatable bonds is 11. The molecule has 0 aromatic heterocycles. The summed E-state index contributed by atoms with van der Waals surface area (Å²) in [5, 5.41) is 43.7. The predicted octanol–water partition coefficient (Wildman–Crippen LogP) is 1.23. The van der Waals surface area contributed by atoms with Crippen molar-refractivity contribution in [2.45, 2.75) is 25.9 Å². The van der Waals surface area contributed by atoms with Gasteiger partial charge in [-0.05, 0) is 23.3 Å². The van der Waals surface area contributed by atoms with Crippen LogP contribution in [0.1, 0.15) is 22.3 Å². The van der Waals surface area contributed by atoms with E-state index in [2.05, 4.69) is 10.6 Å². The summed E-state index contributed by atoms with van der Waals surface area (Å²) in [6, 6.07) is 9.46. The number of phenolic OH excluding ortho intramolecular Hbond substituents is 2. The van der Waals surface area contributed by atoms with E-state index in [9.17, 15) is 19.8 Å². The molecule has 0 spiro atoms. The second-order valence-electron chi connectivity index (χ2n) is 6.42. The molecule has 0 radical (unpaired) electrons. The van der Waals surface area contributed by atoms with Crippen molar-refractivity contribution in [1.82, 2.24) is 10.6 Å². The molecule has 2 aromatic carbocycles. The van der Waals surface area contributed by atoms with Gasteiger partial charge in [0.15, 0.2) is 0 Å². The van der Waals surface area contributed by atoms with Crippen LogP contribution < -0.4 is 10.6 Å². The summed E-state index contributed by atoms with van der Waals surface area (Å²) in [5.41, 5.74) is 2.49. The highest BCUT2D eigenvalue weighted by Gasteiger charge is 2.07. The maximum Gasteiger partial charge on any atom is 0.307 e. The largest absolute Gasteiger partial charge is 0.508 e. The van der Waals surface area contributed by atoms with Crippen LogP contribution in [0.2, 0.25) is 0 Å². The first kappa shape index (κ1) is 21.2. The molecule has 0 bridgehead atoms. The van der Waals surface area contributed by atoms with Gasteiger partial charge in [-0.1, -0.05) is 24.3 Å². The number of aliphatic carboxylic acids is 2. The van der Waals surface area contributed by atoms with E-state index < -0.39 is 11.9 Å². The second-order valence-corrected chi connectivity index (χ2v) is 6.42. The Hall–Kier alpha value is -3.10. The SMILES string of the molecule is O=C(O)Cc1ccc(O)c(CNCCNCc2cc(CC(=O)O)ccc2O)c1. The third-order valence-electron chi connectivity index (χ3n) is 4.11. The fourth-order valence-corrected chi connectivity index (χ4v) is 2.75. The van der Waals surface area contributed by atoms with Gasteiger partial charge in [-0.3, -0.25) is 9.59 Å². The highest BCUT2D eigenvalue weighted by Crippen LogP contribution is 2.19. The fraction of sp³-hybridized carbons (Fsp3) is 0.300. The third-order valence-corrected chi connectivity index (χ3v) is 4.11. The molecule has 28 heavy (non-hydrogen) atoms. The zero-order chi connectivity index (χ0) is 20.5. The quantitative estimate of drug-likeness (QED) is 0.316. The van der Waals surface area contributed by atoms with Gasteiger partial charge >= 0.3 is 11.9 Å². The zero-order valence-electron chi connectivity index (χ0n) is 15.3. The van der Waals surface area contributed by atoms with Crippen LogP contribution in [-0.2, 0) is 35.5 Å². The van der Waals surface area contributed by atoms with E-state index in [1.54, 1.807) is 24.3 Å². The number of carbonyl (C=O) groups is 2. The van der Waals surface area contributed by atoms with Crippen LogP contribution in [0.25, 0.3) is 0 Å². The second kappa shape index (κ2) is 10.3. The molecule has 6 N–H and O–H groups in total. The highest BCUT2D eigenvalue weighted by atomic mass is 16.4. The Balaban J connectivity index is 1.77. The number of benzene rings is 2. The topological polar surface area (TPSA) is 139 Å². The summed E-state index contributed by atoms with van der Waals surface area (Å²) in [5.74, 6) is -1.64. The smallest absolute Gasteiger partial charge is 0.307 e. The molecule has 150 valence electrons. The molecule has 8 nitrogen and oxygen atoms in total. The van der Waals surface area contributed by atoms with Gasteiger partial charge in [0.2, 0.25) is 0 Å². The summed E-state index contributed by atoms with van der Waals surface area (Å²) < 4.78 is 0. The first-order valence-electron chi connectivity index (χ1n) is 8.81. The van der Waals surface area contributed by atoms with Crippen LogP contribution in [0.15, 0.2) is 36.4 Å². The van der Waals surface area contributed by atoms with Gasteiger partial charge in [-0.25, -0.2) is 0 Å². The minimum atomic E-state index is -0.926. The zero-order valence-corrected chi connectivity index (χ0v) is 15.3. The molecule has 0 unspecified atom stereocenters. The van der Waals surface area contributed by atoms with Crippen LogP contribution in [0.4, 0.5) is 0 Å². The Morgan fingerprint density at radius 1 is 0.714 bits per heavy atom. The third kappa shape index (κ3) is 6.90. The molecule has 0 heterocycles. The Morgan fingerprint density at radius 3 is 1.46 bits per heavy atom. The maximum atomic E-state index is 10.8. The molecule has 2 rings (SSSR count). The van der Waals surface area contributed by atoms with E-state index in [4.69, 9.17) is 10.2 Å². The van der Waals surface area contributed by atoms with E-state index in [-0.39, 0.29) is 24.3 Å². The fourth-order valence-electron chi connectivity index (χ4n) is 2.75. The number of hydrogen-bond donors (Lipinski definition) is 6. The minimum absolute atomic E-state index is 0.0979. The van der Waals surface area contributed by atoms with Crippen molar-refractivity contribution in [3.63, 3.8) is 0 Å². The monoisotopic (exact) mass is 388 g/mol. The van der Waals surface area contributed by atoms with Crippen LogP contribution >= 0.6 is 0 Å². The number of aromatic hydroxyl groups is 2. The van der Waals surface area contributed by atoms with E-state index in [0.29, 0.717) is 48.4 Å². The molecule has 0 aliphatic heterocycles. The number of carboxylic acid groups (broad SMARTS) is 2. The van der Waals surface area contributed by atoms with E-state index in [1.807, 2.05) is 0 Å². The number of hydrogen-bond acceptors (Lipinski definition) is 6. The van der Waals surface area contributed by atoms with Crippen molar-refractivity contribution < 1.29 is 30.0 Å². The summed E-state index contributed by atoms with van der Waals surface area (Å²) in [6.07, 6.45) is -0.196. The molecule has 0 saturated heterocycles. The first-order chi connectivity index (χ1) is 13.3. The van der Waals surface area contributed by atoms with Crippen LogP contribution in [-0.4, -0.2) is 45.5 Å². The lowest BCUT2D eigenvalue weighted by Crippen LogP contribution is -2.26. The molecule has 0 amide bonds. The van der Waals surface area contributed by atoms with Crippen molar-refractivity contribution in [1.29, 1.82) is 0 Å². The molecule has 2 aromatic rings. The standard InChI is InChI=1S/C20H24N2O6/c23-17-3-1-13(9-19(25)26)7-15(17)11-21-5-6-22-12-16-8-14(10-20(27)28)2-4-18(16)24/h1-4,7-8,21-24H,5-6,9-12H2,(H,25,26)(H,27,28). The Bertz CT molecular complexity index is 768. The minimum Gasteiger partial charge on any atom is -0.508 e. The van der Waals surface area contributed by atoms with Crippen LogP contribution in [0.5, 0.6) is 11.5 Å². The van der Waals surface area contributed by atoms with Gasteiger partial charge in [-0.15, -0.1) is 0 Å². The van der Waals surface area contributed by atoms with E-state index in [0.717, 1.165) is 0 Å². The first-order valence-corrected chi connectivity index (χ1v) is 8.81. The lowest BCUT2D eigenvalue weighted by atomic mass is 10.1. The normalized spacial score (nSPS) is 10.7. The summed E-state index contributed by atoms with van der Waals surface area (Å²) in [6.45, 7) is 1.94. The van der Waals surface area contributed by atoms with Crippen molar-refractivity contribution in [2.75, 3.05) is 13.1 Å². The molecule has 0 aliphatic rings. The van der Waals surface area contributed by atoms with Gasteiger partial charge in [0.1, 0.15) is 11.5 Å². The number of phenols is 2. The molecule has 8 heteroatoms. The number of nitrogens with one attached hydrogen (secondary N) is 2. The van der Waals surface area contributed by atoms with Gasteiger partial charge in [0.05, 0.1) is 12.8 Å². The molecule has 0 fully saturated rings. The maximum absolute atomic E-state index is 10.8.